The Morgan fingerprint density at radius 1 is 1.41 bits per heavy atom. The van der Waals surface area contributed by atoms with Crippen molar-refractivity contribution in [2.24, 2.45) is 5.92 Å². The molecule has 0 aliphatic heterocycles. The van der Waals surface area contributed by atoms with Gasteiger partial charge < -0.3 is 15.1 Å². The molecule has 1 heterocycles. The largest absolute Gasteiger partial charge is 0.464 e. The number of carbonyl (C=O) groups is 1. The van der Waals surface area contributed by atoms with Crippen LogP contribution in [0.5, 0.6) is 0 Å². The van der Waals surface area contributed by atoms with Crippen LogP contribution >= 0.6 is 0 Å². The SMILES string of the molecule is CNCC(C)C(=O)Nc1ccc2occc2c1. The normalized spacial score (nSPS) is 12.6. The minimum atomic E-state index is -0.0555. The molecule has 1 aromatic carbocycles. The summed E-state index contributed by atoms with van der Waals surface area (Å²) in [5.41, 5.74) is 1.62. The maximum atomic E-state index is 11.8. The Balaban J connectivity index is 2.09. The number of anilines is 1. The first kappa shape index (κ1) is 11.7. The first-order valence-corrected chi connectivity index (χ1v) is 5.63. The topological polar surface area (TPSA) is 54.3 Å². The van der Waals surface area contributed by atoms with E-state index in [1.807, 2.05) is 38.2 Å². The Kier molecular flexibility index (Phi) is 3.44. The highest BCUT2D eigenvalue weighted by Gasteiger charge is 2.12. The summed E-state index contributed by atoms with van der Waals surface area (Å²) >= 11 is 0. The van der Waals surface area contributed by atoms with E-state index in [0.717, 1.165) is 16.7 Å². The molecule has 1 amide bonds. The van der Waals surface area contributed by atoms with Crippen LogP contribution in [0.3, 0.4) is 0 Å². The van der Waals surface area contributed by atoms with Crippen molar-refractivity contribution >= 4 is 22.6 Å². The van der Waals surface area contributed by atoms with Gasteiger partial charge in [-0.1, -0.05) is 6.92 Å². The van der Waals surface area contributed by atoms with Crippen molar-refractivity contribution < 1.29 is 9.21 Å². The molecule has 2 N–H and O–H groups in total. The number of nitrogens with one attached hydrogen (secondary N) is 2. The summed E-state index contributed by atoms with van der Waals surface area (Å²) < 4.78 is 5.24. The number of amides is 1. The van der Waals surface area contributed by atoms with Crippen molar-refractivity contribution in [3.63, 3.8) is 0 Å². The Bertz CT molecular complexity index is 519. The number of fused-ring (bicyclic) bond motifs is 1. The van der Waals surface area contributed by atoms with Crippen LogP contribution in [0, 0.1) is 5.92 Å². The molecule has 1 unspecified atom stereocenters. The van der Waals surface area contributed by atoms with E-state index in [1.165, 1.54) is 0 Å². The lowest BCUT2D eigenvalue weighted by atomic mass is 10.1. The van der Waals surface area contributed by atoms with Crippen molar-refractivity contribution in [1.29, 1.82) is 0 Å². The molecule has 0 bridgehead atoms. The van der Waals surface area contributed by atoms with Crippen molar-refractivity contribution in [2.75, 3.05) is 18.9 Å². The Labute approximate surface area is 100.0 Å². The number of furan rings is 1. The standard InChI is InChI=1S/C13H16N2O2/c1-9(8-14-2)13(16)15-11-3-4-12-10(7-11)5-6-17-12/h3-7,9,14H,8H2,1-2H3,(H,15,16). The lowest BCUT2D eigenvalue weighted by Gasteiger charge is -2.11. The van der Waals surface area contributed by atoms with Gasteiger partial charge in [0, 0.05) is 23.5 Å². The van der Waals surface area contributed by atoms with E-state index in [0.29, 0.717) is 6.54 Å². The van der Waals surface area contributed by atoms with Crippen LogP contribution in [-0.2, 0) is 4.79 Å². The Hall–Kier alpha value is -1.81. The second kappa shape index (κ2) is 5.01. The average Bonchev–Trinajstić information content (AvgIpc) is 2.76. The average molecular weight is 232 g/mol. The highest BCUT2D eigenvalue weighted by Crippen LogP contribution is 2.20. The zero-order valence-electron chi connectivity index (χ0n) is 9.99. The second-order valence-corrected chi connectivity index (χ2v) is 4.12. The van der Waals surface area contributed by atoms with Gasteiger partial charge in [-0.15, -0.1) is 0 Å². The number of hydrogen-bond donors (Lipinski definition) is 2. The predicted molar refractivity (Wildman–Crippen MR) is 67.9 cm³/mol. The molecule has 0 aliphatic rings. The van der Waals surface area contributed by atoms with Gasteiger partial charge in [0.25, 0.3) is 0 Å². The van der Waals surface area contributed by atoms with E-state index in [2.05, 4.69) is 10.6 Å². The van der Waals surface area contributed by atoms with Gasteiger partial charge in [0.15, 0.2) is 0 Å². The molecular formula is C13H16N2O2. The van der Waals surface area contributed by atoms with Crippen molar-refractivity contribution in [1.82, 2.24) is 5.32 Å². The lowest BCUT2D eigenvalue weighted by Crippen LogP contribution is -2.28. The van der Waals surface area contributed by atoms with Crippen LogP contribution in [0.1, 0.15) is 6.92 Å². The molecule has 2 rings (SSSR count). The third kappa shape index (κ3) is 2.65. The highest BCUT2D eigenvalue weighted by atomic mass is 16.3. The minimum Gasteiger partial charge on any atom is -0.464 e. The quantitative estimate of drug-likeness (QED) is 0.850. The second-order valence-electron chi connectivity index (χ2n) is 4.12. The molecule has 0 saturated carbocycles. The lowest BCUT2D eigenvalue weighted by molar-refractivity contribution is -0.119. The van der Waals surface area contributed by atoms with E-state index in [9.17, 15) is 4.79 Å². The van der Waals surface area contributed by atoms with Crippen LogP contribution in [-0.4, -0.2) is 19.5 Å². The van der Waals surface area contributed by atoms with E-state index < -0.39 is 0 Å². The zero-order valence-corrected chi connectivity index (χ0v) is 9.99. The van der Waals surface area contributed by atoms with Crippen molar-refractivity contribution in [2.45, 2.75) is 6.92 Å². The highest BCUT2D eigenvalue weighted by molar-refractivity contribution is 5.94. The fourth-order valence-corrected chi connectivity index (χ4v) is 1.71. The summed E-state index contributed by atoms with van der Waals surface area (Å²) in [6.07, 6.45) is 1.64. The first-order valence-electron chi connectivity index (χ1n) is 5.63. The summed E-state index contributed by atoms with van der Waals surface area (Å²) in [5, 5.41) is 6.86. The van der Waals surface area contributed by atoms with E-state index in [1.54, 1.807) is 6.26 Å². The third-order valence-corrected chi connectivity index (χ3v) is 2.68. The fourth-order valence-electron chi connectivity index (χ4n) is 1.71. The number of benzene rings is 1. The summed E-state index contributed by atoms with van der Waals surface area (Å²) in [5.74, 6) is -0.0396. The van der Waals surface area contributed by atoms with E-state index in [-0.39, 0.29) is 11.8 Å². The molecule has 0 saturated heterocycles. The van der Waals surface area contributed by atoms with E-state index >= 15 is 0 Å². The number of hydrogen-bond acceptors (Lipinski definition) is 3. The van der Waals surface area contributed by atoms with Crippen LogP contribution in [0.4, 0.5) is 5.69 Å². The van der Waals surface area contributed by atoms with Gasteiger partial charge >= 0.3 is 0 Å². The molecule has 4 nitrogen and oxygen atoms in total. The fraction of sp³-hybridized carbons (Fsp3) is 0.308. The van der Waals surface area contributed by atoms with Gasteiger partial charge in [0.2, 0.25) is 5.91 Å². The van der Waals surface area contributed by atoms with Gasteiger partial charge in [-0.2, -0.15) is 0 Å². The van der Waals surface area contributed by atoms with Gasteiger partial charge in [-0.05, 0) is 31.3 Å². The van der Waals surface area contributed by atoms with Gasteiger partial charge in [0.05, 0.1) is 6.26 Å². The Morgan fingerprint density at radius 3 is 3.00 bits per heavy atom. The van der Waals surface area contributed by atoms with Gasteiger partial charge in [-0.3, -0.25) is 4.79 Å². The molecular weight excluding hydrogens is 216 g/mol. The molecule has 1 atom stereocenters. The maximum Gasteiger partial charge on any atom is 0.228 e. The summed E-state index contributed by atoms with van der Waals surface area (Å²) in [7, 11) is 1.83. The first-order chi connectivity index (χ1) is 8.20. The summed E-state index contributed by atoms with van der Waals surface area (Å²) in [6, 6.07) is 7.48. The summed E-state index contributed by atoms with van der Waals surface area (Å²) in [4.78, 5) is 11.8. The third-order valence-electron chi connectivity index (χ3n) is 2.68. The monoisotopic (exact) mass is 232 g/mol. The molecule has 0 spiro atoms. The smallest absolute Gasteiger partial charge is 0.228 e. The van der Waals surface area contributed by atoms with Crippen LogP contribution < -0.4 is 10.6 Å². The number of carbonyl (C=O) groups excluding carboxylic acids is 1. The maximum absolute atomic E-state index is 11.8. The summed E-state index contributed by atoms with van der Waals surface area (Å²) in [6.45, 7) is 2.56. The molecule has 90 valence electrons. The molecule has 1 aromatic heterocycles. The van der Waals surface area contributed by atoms with Gasteiger partial charge in [-0.25, -0.2) is 0 Å². The van der Waals surface area contributed by atoms with Crippen LogP contribution in [0.15, 0.2) is 34.9 Å². The van der Waals surface area contributed by atoms with Gasteiger partial charge in [0.1, 0.15) is 5.58 Å². The Morgan fingerprint density at radius 2 is 2.24 bits per heavy atom. The van der Waals surface area contributed by atoms with E-state index in [4.69, 9.17) is 4.42 Å². The zero-order chi connectivity index (χ0) is 12.3. The van der Waals surface area contributed by atoms with Crippen LogP contribution in [0.2, 0.25) is 0 Å². The molecule has 2 aromatic rings. The molecule has 0 fully saturated rings. The number of rotatable bonds is 4. The molecule has 0 aliphatic carbocycles. The molecule has 4 heteroatoms. The molecule has 0 radical (unpaired) electrons. The predicted octanol–water partition coefficient (Wildman–Crippen LogP) is 2.23. The minimum absolute atomic E-state index is 0.0159. The molecule has 17 heavy (non-hydrogen) atoms. The van der Waals surface area contributed by atoms with Crippen molar-refractivity contribution in [3.05, 3.63) is 30.5 Å². The van der Waals surface area contributed by atoms with Crippen molar-refractivity contribution in [3.8, 4) is 0 Å². The van der Waals surface area contributed by atoms with Crippen LogP contribution in [0.25, 0.3) is 11.0 Å².